The van der Waals surface area contributed by atoms with Gasteiger partial charge in [0, 0.05) is 13.1 Å². The molecule has 0 radical (unpaired) electrons. The van der Waals surface area contributed by atoms with Crippen molar-refractivity contribution in [1.29, 1.82) is 0 Å². The van der Waals surface area contributed by atoms with Gasteiger partial charge in [-0.25, -0.2) is 0 Å². The lowest BCUT2D eigenvalue weighted by molar-refractivity contribution is 0.297. The molecule has 0 bridgehead atoms. The number of hydrogen-bond acceptors (Lipinski definition) is 3. The first kappa shape index (κ1) is 16.1. The lowest BCUT2D eigenvalue weighted by Gasteiger charge is -2.09. The van der Waals surface area contributed by atoms with E-state index in [4.69, 9.17) is 4.74 Å². The van der Waals surface area contributed by atoms with Crippen LogP contribution >= 0.6 is 0 Å². The second-order valence-electron chi connectivity index (χ2n) is 5.56. The second kappa shape index (κ2) is 8.18. The molecule has 0 aromatic heterocycles. The van der Waals surface area contributed by atoms with Crippen LogP contribution in [0.25, 0.3) is 11.1 Å². The van der Waals surface area contributed by atoms with E-state index < -0.39 is 0 Å². The molecule has 0 aliphatic heterocycles. The van der Waals surface area contributed by atoms with Gasteiger partial charge in [-0.15, -0.1) is 0 Å². The highest BCUT2D eigenvalue weighted by atomic mass is 16.5. The van der Waals surface area contributed by atoms with Crippen molar-refractivity contribution in [2.24, 2.45) is 0 Å². The molecule has 0 fully saturated rings. The van der Waals surface area contributed by atoms with Gasteiger partial charge in [-0.05, 0) is 34.9 Å². The highest BCUT2D eigenvalue weighted by Gasteiger charge is 2.01. The van der Waals surface area contributed by atoms with Gasteiger partial charge in [-0.1, -0.05) is 60.7 Å². The van der Waals surface area contributed by atoms with E-state index >= 15 is 0 Å². The molecule has 0 aliphatic rings. The predicted octanol–water partition coefficient (Wildman–Crippen LogP) is 4.23. The smallest absolute Gasteiger partial charge is 0.160 e. The lowest BCUT2D eigenvalue weighted by atomic mass is 10.0. The fourth-order valence-electron chi connectivity index (χ4n) is 2.54. The summed E-state index contributed by atoms with van der Waals surface area (Å²) in [5.74, 6) is 0.693. The van der Waals surface area contributed by atoms with Crippen LogP contribution in [-0.2, 0) is 6.54 Å². The van der Waals surface area contributed by atoms with Crippen LogP contribution in [0.15, 0.2) is 78.9 Å². The number of hydrogen-bond donors (Lipinski definition) is 2. The zero-order valence-electron chi connectivity index (χ0n) is 13.5. The summed E-state index contributed by atoms with van der Waals surface area (Å²) < 4.78 is 5.56. The van der Waals surface area contributed by atoms with E-state index in [9.17, 15) is 5.11 Å². The molecule has 3 heteroatoms. The molecule has 3 rings (SSSR count). The van der Waals surface area contributed by atoms with Gasteiger partial charge in [0.1, 0.15) is 6.61 Å². The zero-order chi connectivity index (χ0) is 16.6. The molecule has 24 heavy (non-hydrogen) atoms. The molecular formula is C21H21NO2. The minimum atomic E-state index is 0.174. The number of phenols is 1. The monoisotopic (exact) mass is 319 g/mol. The van der Waals surface area contributed by atoms with Gasteiger partial charge in [-0.3, -0.25) is 0 Å². The van der Waals surface area contributed by atoms with E-state index in [1.54, 1.807) is 18.2 Å². The third kappa shape index (κ3) is 4.37. The molecule has 0 heterocycles. The normalized spacial score (nSPS) is 10.5. The molecule has 3 aromatic carbocycles. The maximum Gasteiger partial charge on any atom is 0.160 e. The van der Waals surface area contributed by atoms with Gasteiger partial charge in [0.2, 0.25) is 0 Å². The summed E-state index contributed by atoms with van der Waals surface area (Å²) in [6.45, 7) is 2.00. The van der Waals surface area contributed by atoms with Crippen molar-refractivity contribution in [1.82, 2.24) is 5.32 Å². The van der Waals surface area contributed by atoms with E-state index in [0.717, 1.165) is 6.54 Å². The first-order valence-corrected chi connectivity index (χ1v) is 8.09. The quantitative estimate of drug-likeness (QED) is 0.640. The molecule has 0 spiro atoms. The van der Waals surface area contributed by atoms with Gasteiger partial charge in [0.25, 0.3) is 0 Å². The van der Waals surface area contributed by atoms with Crippen LogP contribution in [0.1, 0.15) is 5.56 Å². The van der Waals surface area contributed by atoms with Gasteiger partial charge in [0.05, 0.1) is 0 Å². The first-order valence-electron chi connectivity index (χ1n) is 8.09. The Balaban J connectivity index is 1.48. The van der Waals surface area contributed by atoms with Crippen LogP contribution in [0, 0.1) is 0 Å². The van der Waals surface area contributed by atoms with Crippen molar-refractivity contribution in [3.05, 3.63) is 84.4 Å². The highest BCUT2D eigenvalue weighted by molar-refractivity contribution is 5.63. The first-order chi connectivity index (χ1) is 11.8. The maximum absolute atomic E-state index is 9.64. The van der Waals surface area contributed by atoms with E-state index in [0.29, 0.717) is 18.9 Å². The summed E-state index contributed by atoms with van der Waals surface area (Å²) in [4.78, 5) is 0. The molecule has 2 N–H and O–H groups in total. The molecule has 0 saturated carbocycles. The summed E-state index contributed by atoms with van der Waals surface area (Å²) in [6, 6.07) is 25.9. The van der Waals surface area contributed by atoms with Crippen molar-refractivity contribution < 1.29 is 9.84 Å². The fraction of sp³-hybridized carbons (Fsp3) is 0.143. The minimum Gasteiger partial charge on any atom is -0.504 e. The fourth-order valence-corrected chi connectivity index (χ4v) is 2.54. The van der Waals surface area contributed by atoms with Gasteiger partial charge in [0.15, 0.2) is 11.5 Å². The summed E-state index contributed by atoms with van der Waals surface area (Å²) in [7, 11) is 0. The van der Waals surface area contributed by atoms with E-state index in [2.05, 4.69) is 53.8 Å². The number of rotatable bonds is 7. The number of ether oxygens (including phenoxy) is 1. The minimum absolute atomic E-state index is 0.174. The Bertz CT molecular complexity index is 772. The van der Waals surface area contributed by atoms with E-state index in [1.807, 2.05) is 12.1 Å². The Morgan fingerprint density at radius 1 is 0.792 bits per heavy atom. The Kier molecular flexibility index (Phi) is 5.48. The van der Waals surface area contributed by atoms with Crippen molar-refractivity contribution in [3.8, 4) is 22.6 Å². The molecule has 0 unspecified atom stereocenters. The average Bonchev–Trinajstić information content (AvgIpc) is 2.64. The van der Waals surface area contributed by atoms with Crippen molar-refractivity contribution >= 4 is 0 Å². The topological polar surface area (TPSA) is 41.5 Å². The van der Waals surface area contributed by atoms with Gasteiger partial charge in [-0.2, -0.15) is 0 Å². The predicted molar refractivity (Wildman–Crippen MR) is 97.2 cm³/mol. The van der Waals surface area contributed by atoms with E-state index in [1.165, 1.54) is 16.7 Å². The third-order valence-corrected chi connectivity index (χ3v) is 3.76. The molecule has 3 nitrogen and oxygen atoms in total. The number of benzene rings is 3. The summed E-state index contributed by atoms with van der Waals surface area (Å²) >= 11 is 0. The second-order valence-corrected chi connectivity index (χ2v) is 5.56. The number of nitrogens with one attached hydrogen (secondary N) is 1. The van der Waals surface area contributed by atoms with E-state index in [-0.39, 0.29) is 5.75 Å². The molecule has 0 amide bonds. The van der Waals surface area contributed by atoms with Crippen LogP contribution in [0.4, 0.5) is 0 Å². The van der Waals surface area contributed by atoms with Crippen LogP contribution < -0.4 is 10.1 Å². The Labute approximate surface area is 142 Å². The standard InChI is InChI=1S/C21H21NO2/c23-20-11-4-5-12-21(20)24-14-13-22-16-17-7-6-10-19(15-17)18-8-2-1-3-9-18/h1-12,15,22-23H,13-14,16H2. The highest BCUT2D eigenvalue weighted by Crippen LogP contribution is 2.24. The van der Waals surface area contributed by atoms with Gasteiger partial charge < -0.3 is 15.2 Å². The van der Waals surface area contributed by atoms with Crippen molar-refractivity contribution in [2.75, 3.05) is 13.2 Å². The van der Waals surface area contributed by atoms with Crippen molar-refractivity contribution in [3.63, 3.8) is 0 Å². The van der Waals surface area contributed by atoms with Gasteiger partial charge >= 0.3 is 0 Å². The summed E-state index contributed by atoms with van der Waals surface area (Å²) in [5, 5.41) is 13.0. The molecule has 0 atom stereocenters. The SMILES string of the molecule is Oc1ccccc1OCCNCc1cccc(-c2ccccc2)c1. The molecule has 3 aromatic rings. The van der Waals surface area contributed by atoms with Crippen molar-refractivity contribution in [2.45, 2.75) is 6.54 Å². The van der Waals surface area contributed by atoms with Crippen LogP contribution in [-0.4, -0.2) is 18.3 Å². The maximum atomic E-state index is 9.64. The molecule has 0 saturated heterocycles. The summed E-state index contributed by atoms with van der Waals surface area (Å²) in [5.41, 5.74) is 3.68. The Morgan fingerprint density at radius 2 is 1.54 bits per heavy atom. The van der Waals surface area contributed by atoms with Crippen LogP contribution in [0.3, 0.4) is 0 Å². The largest absolute Gasteiger partial charge is 0.504 e. The van der Waals surface area contributed by atoms with Crippen LogP contribution in [0.2, 0.25) is 0 Å². The Hall–Kier alpha value is -2.78. The lowest BCUT2D eigenvalue weighted by Crippen LogP contribution is -2.20. The Morgan fingerprint density at radius 3 is 2.38 bits per heavy atom. The third-order valence-electron chi connectivity index (χ3n) is 3.76. The average molecular weight is 319 g/mol. The number of aromatic hydroxyl groups is 1. The molecule has 0 aliphatic carbocycles. The molecule has 122 valence electrons. The van der Waals surface area contributed by atoms with Crippen LogP contribution in [0.5, 0.6) is 11.5 Å². The number of phenolic OH excluding ortho intramolecular Hbond substituents is 1. The summed E-state index contributed by atoms with van der Waals surface area (Å²) in [6.07, 6.45) is 0. The number of para-hydroxylation sites is 2. The zero-order valence-corrected chi connectivity index (χ0v) is 13.5. The molecular weight excluding hydrogens is 298 g/mol.